The molecule has 5 aliphatic rings. The van der Waals surface area contributed by atoms with Gasteiger partial charge in [0.15, 0.2) is 6.10 Å². The summed E-state index contributed by atoms with van der Waals surface area (Å²) in [5.74, 6) is 0.780. The molecule has 6 heteroatoms. The number of aliphatic hydroxyl groups is 2. The Morgan fingerprint density at radius 3 is 2.37 bits per heavy atom. The first-order valence-electron chi connectivity index (χ1n) is 14.9. The predicted molar refractivity (Wildman–Crippen MR) is 145 cm³/mol. The molecule has 4 fully saturated rings. The minimum atomic E-state index is -1.23. The quantitative estimate of drug-likeness (QED) is 0.376. The lowest BCUT2D eigenvalue weighted by atomic mass is 9.36. The summed E-state index contributed by atoms with van der Waals surface area (Å²) in [5.41, 5.74) is 0.643. The minimum absolute atomic E-state index is 0.00863. The third kappa shape index (κ3) is 3.75. The number of esters is 1. The van der Waals surface area contributed by atoms with Crippen molar-refractivity contribution in [1.29, 1.82) is 0 Å². The smallest absolute Gasteiger partial charge is 0.303 e. The molecule has 38 heavy (non-hydrogen) atoms. The van der Waals surface area contributed by atoms with Crippen LogP contribution in [0.3, 0.4) is 0 Å². The van der Waals surface area contributed by atoms with E-state index in [4.69, 9.17) is 9.47 Å². The molecule has 1 heterocycles. The van der Waals surface area contributed by atoms with Crippen molar-refractivity contribution < 1.29 is 29.3 Å². The molecule has 10 atom stereocenters. The number of carbonyl (C=O) groups is 2. The summed E-state index contributed by atoms with van der Waals surface area (Å²) in [4.78, 5) is 24.9. The number of hydrogen-bond donors (Lipinski definition) is 2. The van der Waals surface area contributed by atoms with Gasteiger partial charge < -0.3 is 19.7 Å². The van der Waals surface area contributed by atoms with E-state index in [1.54, 1.807) is 13.8 Å². The van der Waals surface area contributed by atoms with Crippen LogP contribution in [0.4, 0.5) is 0 Å². The van der Waals surface area contributed by atoms with Crippen LogP contribution in [0, 0.1) is 39.4 Å². The second-order valence-electron chi connectivity index (χ2n) is 15.4. The van der Waals surface area contributed by atoms with Gasteiger partial charge in [0.25, 0.3) is 0 Å². The molecule has 4 aliphatic carbocycles. The molecule has 1 saturated heterocycles. The first-order chi connectivity index (χ1) is 17.4. The average molecular weight is 531 g/mol. The van der Waals surface area contributed by atoms with E-state index in [0.29, 0.717) is 30.5 Å². The van der Waals surface area contributed by atoms with Crippen LogP contribution in [0.15, 0.2) is 11.1 Å². The van der Waals surface area contributed by atoms with Gasteiger partial charge in [-0.1, -0.05) is 41.5 Å². The van der Waals surface area contributed by atoms with Crippen LogP contribution in [-0.2, 0) is 19.1 Å². The van der Waals surface area contributed by atoms with Crippen LogP contribution in [0.2, 0.25) is 0 Å². The molecule has 0 bridgehead atoms. The van der Waals surface area contributed by atoms with Gasteiger partial charge in [-0.2, -0.15) is 0 Å². The Labute approximate surface area is 228 Å². The fraction of sp³-hybridized carbons (Fsp3) is 0.875. The highest BCUT2D eigenvalue weighted by molar-refractivity contribution is 5.85. The van der Waals surface area contributed by atoms with E-state index in [1.165, 1.54) is 18.1 Å². The topological polar surface area (TPSA) is 93.1 Å². The molecule has 214 valence electrons. The normalized spacial score (nSPS) is 47.0. The van der Waals surface area contributed by atoms with Crippen molar-refractivity contribution in [2.24, 2.45) is 39.4 Å². The van der Waals surface area contributed by atoms with Gasteiger partial charge in [-0.15, -0.1) is 0 Å². The summed E-state index contributed by atoms with van der Waals surface area (Å²) in [7, 11) is 0. The van der Waals surface area contributed by atoms with E-state index in [-0.39, 0.29) is 33.7 Å². The summed E-state index contributed by atoms with van der Waals surface area (Å²) in [5, 5.41) is 22.7. The number of ether oxygens (including phenoxy) is 2. The number of ketones is 1. The van der Waals surface area contributed by atoms with E-state index in [2.05, 4.69) is 41.5 Å². The molecule has 0 aromatic rings. The van der Waals surface area contributed by atoms with Crippen molar-refractivity contribution in [2.75, 3.05) is 0 Å². The summed E-state index contributed by atoms with van der Waals surface area (Å²) in [6.45, 7) is 18.4. The van der Waals surface area contributed by atoms with Gasteiger partial charge in [0.2, 0.25) is 0 Å². The van der Waals surface area contributed by atoms with Gasteiger partial charge >= 0.3 is 5.97 Å². The Kier molecular flexibility index (Phi) is 6.43. The predicted octanol–water partition coefficient (Wildman–Crippen LogP) is 5.38. The van der Waals surface area contributed by atoms with Crippen molar-refractivity contribution in [3.05, 3.63) is 11.1 Å². The zero-order valence-electron chi connectivity index (χ0n) is 25.0. The lowest BCUT2D eigenvalue weighted by molar-refractivity contribution is -0.199. The third-order valence-corrected chi connectivity index (χ3v) is 12.5. The van der Waals surface area contributed by atoms with Gasteiger partial charge in [-0.05, 0) is 97.5 Å². The summed E-state index contributed by atoms with van der Waals surface area (Å²) < 4.78 is 12.3. The van der Waals surface area contributed by atoms with Crippen LogP contribution in [0.5, 0.6) is 0 Å². The molecular weight excluding hydrogens is 480 g/mol. The molecule has 0 unspecified atom stereocenters. The molecule has 0 radical (unpaired) electrons. The van der Waals surface area contributed by atoms with E-state index >= 15 is 0 Å². The van der Waals surface area contributed by atoms with Crippen LogP contribution in [0.25, 0.3) is 0 Å². The van der Waals surface area contributed by atoms with Crippen LogP contribution < -0.4 is 0 Å². The second-order valence-corrected chi connectivity index (χ2v) is 15.4. The van der Waals surface area contributed by atoms with Crippen LogP contribution in [0.1, 0.15) is 107 Å². The zero-order valence-corrected chi connectivity index (χ0v) is 25.0. The number of aliphatic hydroxyl groups excluding tert-OH is 1. The third-order valence-electron chi connectivity index (χ3n) is 12.5. The van der Waals surface area contributed by atoms with Crippen molar-refractivity contribution in [3.63, 3.8) is 0 Å². The van der Waals surface area contributed by atoms with Crippen molar-refractivity contribution in [1.82, 2.24) is 0 Å². The van der Waals surface area contributed by atoms with Gasteiger partial charge in [0, 0.05) is 18.8 Å². The van der Waals surface area contributed by atoms with Crippen molar-refractivity contribution in [3.8, 4) is 0 Å². The summed E-state index contributed by atoms with van der Waals surface area (Å²) >= 11 is 0. The Morgan fingerprint density at radius 2 is 1.76 bits per heavy atom. The van der Waals surface area contributed by atoms with Crippen LogP contribution in [-0.4, -0.2) is 52.0 Å². The molecule has 2 N–H and O–H groups in total. The molecule has 0 aromatic carbocycles. The van der Waals surface area contributed by atoms with E-state index in [0.717, 1.165) is 32.1 Å². The second kappa shape index (κ2) is 8.63. The SMILES string of the molecule is CC(=O)O[C@H]([C@@H]1C[C@@H](C)C2=C3[C@H](O)C[C@H]4[C@@]5(C)CCC(=O)C(C)(C)[C@@H]5CC[C@]4(C)[C@@]3(C)C[C@@H]2O1)C(C)(C)O. The minimum Gasteiger partial charge on any atom is -0.457 e. The summed E-state index contributed by atoms with van der Waals surface area (Å²) in [6.07, 6.45) is 3.94. The average Bonchev–Trinajstić information content (AvgIpc) is 3.11. The number of hydrogen-bond acceptors (Lipinski definition) is 6. The monoisotopic (exact) mass is 530 g/mol. The molecule has 1 aliphatic heterocycles. The highest BCUT2D eigenvalue weighted by atomic mass is 16.6. The zero-order chi connectivity index (χ0) is 28.2. The molecule has 0 aromatic heterocycles. The fourth-order valence-electron chi connectivity index (χ4n) is 10.6. The van der Waals surface area contributed by atoms with Gasteiger partial charge in [-0.3, -0.25) is 9.59 Å². The maximum absolute atomic E-state index is 13.0. The maximum Gasteiger partial charge on any atom is 0.303 e. The Morgan fingerprint density at radius 1 is 1.11 bits per heavy atom. The number of carbonyl (C=O) groups excluding carboxylic acids is 2. The molecule has 3 saturated carbocycles. The number of rotatable bonds is 3. The molecule has 5 rings (SSSR count). The van der Waals surface area contributed by atoms with E-state index < -0.39 is 29.9 Å². The maximum atomic E-state index is 13.0. The Hall–Kier alpha value is -1.24. The van der Waals surface area contributed by atoms with Crippen LogP contribution >= 0.6 is 0 Å². The summed E-state index contributed by atoms with van der Waals surface area (Å²) in [6, 6.07) is 0. The standard InChI is InChI=1S/C32H50O6/c1-17-14-20(27(29(5,6)36)37-18(2)33)38-21-16-32(9)26(25(17)21)19(34)15-23-30(7)12-11-24(35)28(3,4)22(30)10-13-31(23,32)8/h17,19-23,27,34,36H,10-16H2,1-9H3/t17-,19-,20+,21+,22+,23+,27-,30+,31+,32+/m1/s1. The lowest BCUT2D eigenvalue weighted by Crippen LogP contribution is -2.64. The fourth-order valence-corrected chi connectivity index (χ4v) is 10.6. The molecular formula is C32H50O6. The molecule has 6 nitrogen and oxygen atoms in total. The Balaban J connectivity index is 1.52. The number of fused-ring (bicyclic) bond motifs is 6. The molecule has 0 amide bonds. The highest BCUT2D eigenvalue weighted by Crippen LogP contribution is 2.74. The number of Topliss-reactive ketones (excluding diaryl/α,β-unsaturated/α-hetero) is 1. The van der Waals surface area contributed by atoms with Gasteiger partial charge in [0.1, 0.15) is 5.78 Å². The first kappa shape index (κ1) is 28.3. The van der Waals surface area contributed by atoms with E-state index in [1.807, 2.05) is 0 Å². The lowest BCUT2D eigenvalue weighted by Gasteiger charge is -2.68. The Bertz CT molecular complexity index is 1050. The largest absolute Gasteiger partial charge is 0.457 e. The van der Waals surface area contributed by atoms with Crippen molar-refractivity contribution >= 4 is 11.8 Å². The highest BCUT2D eigenvalue weighted by Gasteiger charge is 2.70. The van der Waals surface area contributed by atoms with Gasteiger partial charge in [0.05, 0.1) is 23.9 Å². The van der Waals surface area contributed by atoms with Gasteiger partial charge in [-0.25, -0.2) is 0 Å². The van der Waals surface area contributed by atoms with Crippen molar-refractivity contribution in [2.45, 2.75) is 137 Å². The van der Waals surface area contributed by atoms with E-state index in [9.17, 15) is 19.8 Å². The molecule has 0 spiro atoms. The first-order valence-corrected chi connectivity index (χ1v) is 14.9.